The van der Waals surface area contributed by atoms with Gasteiger partial charge in [-0.05, 0) is 48.4 Å². The Morgan fingerprint density at radius 1 is 1.36 bits per heavy atom. The summed E-state index contributed by atoms with van der Waals surface area (Å²) >= 11 is 1.29. The number of tetrazole rings is 1. The second-order valence-electron chi connectivity index (χ2n) is 5.15. The van der Waals surface area contributed by atoms with Crippen molar-refractivity contribution < 1.29 is 9.18 Å². The van der Waals surface area contributed by atoms with Crippen molar-refractivity contribution in [3.8, 4) is 5.69 Å². The molecular formula is C14H16FN5OS. The van der Waals surface area contributed by atoms with E-state index in [0.717, 1.165) is 25.9 Å². The Labute approximate surface area is 131 Å². The van der Waals surface area contributed by atoms with E-state index in [0.29, 0.717) is 10.8 Å². The molecule has 0 bridgehead atoms. The van der Waals surface area contributed by atoms with E-state index in [-0.39, 0.29) is 17.0 Å². The fraction of sp³-hybridized carbons (Fsp3) is 0.429. The second kappa shape index (κ2) is 6.43. The highest BCUT2D eigenvalue weighted by Crippen LogP contribution is 2.25. The topological polar surface area (TPSA) is 63.9 Å². The Bertz CT molecular complexity index is 671. The minimum atomic E-state index is -0.356. The van der Waals surface area contributed by atoms with E-state index in [1.54, 1.807) is 12.1 Å². The van der Waals surface area contributed by atoms with Gasteiger partial charge < -0.3 is 4.90 Å². The summed E-state index contributed by atoms with van der Waals surface area (Å²) < 4.78 is 14.8. The third kappa shape index (κ3) is 3.11. The average Bonchev–Trinajstić information content (AvgIpc) is 3.18. The Morgan fingerprint density at radius 3 is 2.86 bits per heavy atom. The fourth-order valence-corrected chi connectivity index (χ4v) is 3.32. The number of thioether (sulfide) groups is 1. The fourth-order valence-electron chi connectivity index (χ4n) is 2.43. The molecule has 2 heterocycles. The largest absolute Gasteiger partial charge is 0.342 e. The third-order valence-corrected chi connectivity index (χ3v) is 4.56. The lowest BCUT2D eigenvalue weighted by molar-refractivity contribution is -0.129. The molecule has 1 aliphatic heterocycles. The monoisotopic (exact) mass is 321 g/mol. The quantitative estimate of drug-likeness (QED) is 0.805. The van der Waals surface area contributed by atoms with Crippen molar-refractivity contribution in [1.29, 1.82) is 0 Å². The zero-order chi connectivity index (χ0) is 15.5. The van der Waals surface area contributed by atoms with Gasteiger partial charge in [0.25, 0.3) is 0 Å². The number of hydrogen-bond donors (Lipinski definition) is 0. The van der Waals surface area contributed by atoms with E-state index >= 15 is 0 Å². The van der Waals surface area contributed by atoms with Gasteiger partial charge in [0.2, 0.25) is 11.1 Å². The molecule has 116 valence electrons. The number of rotatable bonds is 4. The van der Waals surface area contributed by atoms with Crippen LogP contribution in [0, 0.1) is 5.82 Å². The van der Waals surface area contributed by atoms with Crippen molar-refractivity contribution in [3.05, 3.63) is 30.1 Å². The number of hydrogen-bond acceptors (Lipinski definition) is 5. The molecule has 1 unspecified atom stereocenters. The van der Waals surface area contributed by atoms with Crippen LogP contribution in [0.1, 0.15) is 19.8 Å². The van der Waals surface area contributed by atoms with Crippen LogP contribution in [0.5, 0.6) is 0 Å². The normalized spacial score (nSPS) is 16.0. The number of halogens is 1. The van der Waals surface area contributed by atoms with Gasteiger partial charge in [-0.25, -0.2) is 4.39 Å². The highest BCUT2D eigenvalue weighted by Gasteiger charge is 2.25. The van der Waals surface area contributed by atoms with E-state index in [4.69, 9.17) is 0 Å². The van der Waals surface area contributed by atoms with Gasteiger partial charge in [0, 0.05) is 13.1 Å². The number of nitrogens with zero attached hydrogens (tertiary/aromatic N) is 5. The lowest BCUT2D eigenvalue weighted by Gasteiger charge is -2.19. The Balaban J connectivity index is 1.76. The van der Waals surface area contributed by atoms with Crippen molar-refractivity contribution in [3.63, 3.8) is 0 Å². The van der Waals surface area contributed by atoms with Crippen molar-refractivity contribution >= 4 is 17.7 Å². The summed E-state index contributed by atoms with van der Waals surface area (Å²) in [6.07, 6.45) is 2.12. The molecule has 2 aromatic rings. The molecule has 22 heavy (non-hydrogen) atoms. The average molecular weight is 321 g/mol. The molecule has 6 nitrogen and oxygen atoms in total. The predicted octanol–water partition coefficient (Wildman–Crippen LogP) is 1.90. The van der Waals surface area contributed by atoms with E-state index in [9.17, 15) is 9.18 Å². The third-order valence-electron chi connectivity index (χ3n) is 3.54. The Morgan fingerprint density at radius 2 is 2.14 bits per heavy atom. The minimum absolute atomic E-state index is 0.0938. The number of carbonyl (C=O) groups is 1. The van der Waals surface area contributed by atoms with Crippen LogP contribution in [-0.4, -0.2) is 49.4 Å². The van der Waals surface area contributed by atoms with Gasteiger partial charge in [-0.1, -0.05) is 17.8 Å². The number of benzene rings is 1. The Hall–Kier alpha value is -1.96. The molecule has 1 aromatic heterocycles. The maximum atomic E-state index is 13.3. The maximum Gasteiger partial charge on any atom is 0.235 e. The van der Waals surface area contributed by atoms with Crippen LogP contribution in [0.25, 0.3) is 5.69 Å². The molecule has 1 amide bonds. The summed E-state index contributed by atoms with van der Waals surface area (Å²) in [6, 6.07) is 6.03. The van der Waals surface area contributed by atoms with Gasteiger partial charge >= 0.3 is 0 Å². The zero-order valence-corrected chi connectivity index (χ0v) is 13.0. The summed E-state index contributed by atoms with van der Waals surface area (Å²) in [5.41, 5.74) is 0.535. The number of aromatic nitrogens is 4. The molecule has 1 saturated heterocycles. The van der Waals surface area contributed by atoms with Gasteiger partial charge in [-0.3, -0.25) is 4.79 Å². The summed E-state index contributed by atoms with van der Waals surface area (Å²) in [4.78, 5) is 14.2. The van der Waals surface area contributed by atoms with Gasteiger partial charge in [0.15, 0.2) is 0 Å². The SMILES string of the molecule is CC(Sc1nnnn1-c1cccc(F)c1)C(=O)N1CCCC1. The molecule has 0 saturated carbocycles. The van der Waals surface area contributed by atoms with Gasteiger partial charge in [0.1, 0.15) is 5.82 Å². The predicted molar refractivity (Wildman–Crippen MR) is 80.2 cm³/mol. The first-order chi connectivity index (χ1) is 10.6. The molecule has 0 spiro atoms. The van der Waals surface area contributed by atoms with Crippen molar-refractivity contribution in [2.75, 3.05) is 13.1 Å². The maximum absolute atomic E-state index is 13.3. The molecule has 1 aromatic carbocycles. The Kier molecular flexibility index (Phi) is 4.37. The van der Waals surface area contributed by atoms with Gasteiger partial charge in [-0.2, -0.15) is 4.68 Å². The van der Waals surface area contributed by atoms with E-state index in [1.807, 2.05) is 11.8 Å². The standard InChI is InChI=1S/C14H16FN5OS/c1-10(13(21)19-7-2-3-8-19)22-14-16-17-18-20(14)12-6-4-5-11(15)9-12/h4-6,9-10H,2-3,7-8H2,1H3. The lowest BCUT2D eigenvalue weighted by atomic mass is 10.3. The van der Waals surface area contributed by atoms with Gasteiger partial charge in [-0.15, -0.1) is 5.10 Å². The first-order valence-corrected chi connectivity index (χ1v) is 8.03. The summed E-state index contributed by atoms with van der Waals surface area (Å²) in [5.74, 6) is -0.263. The molecule has 0 radical (unpaired) electrons. The van der Waals surface area contributed by atoms with Crippen molar-refractivity contribution in [2.45, 2.75) is 30.2 Å². The number of carbonyl (C=O) groups excluding carboxylic acids is 1. The smallest absolute Gasteiger partial charge is 0.235 e. The van der Waals surface area contributed by atoms with Crippen LogP contribution in [0.15, 0.2) is 29.4 Å². The lowest BCUT2D eigenvalue weighted by Crippen LogP contribution is -2.34. The van der Waals surface area contributed by atoms with E-state index in [1.165, 1.54) is 28.6 Å². The minimum Gasteiger partial charge on any atom is -0.342 e. The van der Waals surface area contributed by atoms with Crippen molar-refractivity contribution in [2.24, 2.45) is 0 Å². The molecule has 0 N–H and O–H groups in total. The van der Waals surface area contributed by atoms with Crippen LogP contribution in [-0.2, 0) is 4.79 Å². The van der Waals surface area contributed by atoms with Crippen molar-refractivity contribution in [1.82, 2.24) is 25.1 Å². The zero-order valence-electron chi connectivity index (χ0n) is 12.1. The molecule has 1 atom stereocenters. The number of amides is 1. The van der Waals surface area contributed by atoms with Crippen LogP contribution in [0.2, 0.25) is 0 Å². The van der Waals surface area contributed by atoms with Crippen LogP contribution >= 0.6 is 11.8 Å². The summed E-state index contributed by atoms with van der Waals surface area (Å²) in [5, 5.41) is 11.7. The number of likely N-dealkylation sites (tertiary alicyclic amines) is 1. The molecular weight excluding hydrogens is 305 g/mol. The summed E-state index contributed by atoms with van der Waals surface area (Å²) in [6.45, 7) is 3.48. The molecule has 0 aliphatic carbocycles. The van der Waals surface area contributed by atoms with Crippen LogP contribution < -0.4 is 0 Å². The van der Waals surface area contributed by atoms with Crippen LogP contribution in [0.4, 0.5) is 4.39 Å². The first kappa shape index (κ1) is 15.0. The highest BCUT2D eigenvalue weighted by atomic mass is 32.2. The van der Waals surface area contributed by atoms with Crippen LogP contribution in [0.3, 0.4) is 0 Å². The molecule has 8 heteroatoms. The second-order valence-corrected chi connectivity index (χ2v) is 6.45. The molecule has 3 rings (SSSR count). The highest BCUT2D eigenvalue weighted by molar-refractivity contribution is 8.00. The first-order valence-electron chi connectivity index (χ1n) is 7.15. The van der Waals surface area contributed by atoms with E-state index in [2.05, 4.69) is 15.5 Å². The summed E-state index contributed by atoms with van der Waals surface area (Å²) in [7, 11) is 0. The molecule has 1 fully saturated rings. The molecule has 1 aliphatic rings. The van der Waals surface area contributed by atoms with E-state index < -0.39 is 0 Å². The van der Waals surface area contributed by atoms with Gasteiger partial charge in [0.05, 0.1) is 10.9 Å².